The van der Waals surface area contributed by atoms with Crippen molar-refractivity contribution >= 4 is 11.6 Å². The van der Waals surface area contributed by atoms with Crippen molar-refractivity contribution in [3.05, 3.63) is 70.6 Å². The van der Waals surface area contributed by atoms with Gasteiger partial charge in [-0.1, -0.05) is 26.0 Å². The number of carbonyl (C=O) groups is 1. The van der Waals surface area contributed by atoms with Gasteiger partial charge in [0, 0.05) is 31.5 Å². The summed E-state index contributed by atoms with van der Waals surface area (Å²) in [5, 5.41) is 11.6. The zero-order chi connectivity index (χ0) is 24.9. The molecule has 1 amide bonds. The molecule has 2 atom stereocenters. The van der Waals surface area contributed by atoms with Crippen LogP contribution in [0.15, 0.2) is 36.7 Å². The van der Waals surface area contributed by atoms with Gasteiger partial charge >= 0.3 is 0 Å². The van der Waals surface area contributed by atoms with Crippen molar-refractivity contribution in [2.75, 3.05) is 18.4 Å². The van der Waals surface area contributed by atoms with Crippen LogP contribution in [0, 0.1) is 5.92 Å². The van der Waals surface area contributed by atoms with E-state index in [0.29, 0.717) is 11.6 Å². The second kappa shape index (κ2) is 9.11. The Morgan fingerprint density at radius 3 is 2.81 bits per heavy atom. The maximum Gasteiger partial charge on any atom is 0.274 e. The summed E-state index contributed by atoms with van der Waals surface area (Å²) < 4.78 is 2.00. The molecule has 1 unspecified atom stereocenters. The highest BCUT2D eigenvalue weighted by atomic mass is 16.1. The molecule has 2 aromatic heterocycles. The molecule has 7 nitrogen and oxygen atoms in total. The first kappa shape index (κ1) is 23.3. The summed E-state index contributed by atoms with van der Waals surface area (Å²) in [5.74, 6) is 1.98. The lowest BCUT2D eigenvalue weighted by molar-refractivity contribution is 0.102. The van der Waals surface area contributed by atoms with Gasteiger partial charge in [-0.2, -0.15) is 0 Å². The van der Waals surface area contributed by atoms with E-state index in [0.717, 1.165) is 68.4 Å². The van der Waals surface area contributed by atoms with Gasteiger partial charge in [0.05, 0.1) is 5.41 Å². The third kappa shape index (κ3) is 4.23. The van der Waals surface area contributed by atoms with Crippen molar-refractivity contribution in [1.29, 1.82) is 0 Å². The number of rotatable bonds is 6. The maximum atomic E-state index is 13.5. The zero-order valence-corrected chi connectivity index (χ0v) is 21.6. The van der Waals surface area contributed by atoms with Crippen molar-refractivity contribution in [1.82, 2.24) is 24.6 Å². The van der Waals surface area contributed by atoms with Crippen LogP contribution in [0.2, 0.25) is 0 Å². The number of aryl methyl sites for hydroxylation is 1. The van der Waals surface area contributed by atoms with Crippen molar-refractivity contribution in [2.45, 2.75) is 70.3 Å². The van der Waals surface area contributed by atoms with Crippen molar-refractivity contribution in [3.63, 3.8) is 0 Å². The van der Waals surface area contributed by atoms with Crippen molar-refractivity contribution in [3.8, 4) is 0 Å². The number of nitrogens with zero attached hydrogens (tertiary/aromatic N) is 5. The van der Waals surface area contributed by atoms with Crippen molar-refractivity contribution in [2.24, 2.45) is 13.0 Å². The van der Waals surface area contributed by atoms with Gasteiger partial charge in [-0.25, -0.2) is 4.98 Å². The summed E-state index contributed by atoms with van der Waals surface area (Å²) in [6.07, 6.45) is 8.58. The second-order valence-corrected chi connectivity index (χ2v) is 11.3. The van der Waals surface area contributed by atoms with Crippen LogP contribution in [0.3, 0.4) is 0 Å². The molecule has 0 spiro atoms. The topological polar surface area (TPSA) is 75.9 Å². The molecule has 3 aliphatic rings. The highest BCUT2D eigenvalue weighted by molar-refractivity contribution is 6.03. The summed E-state index contributed by atoms with van der Waals surface area (Å²) in [4.78, 5) is 20.9. The van der Waals surface area contributed by atoms with E-state index in [4.69, 9.17) is 4.98 Å². The van der Waals surface area contributed by atoms with Gasteiger partial charge in [0.2, 0.25) is 0 Å². The molecule has 7 heteroatoms. The number of amides is 1. The van der Waals surface area contributed by atoms with Gasteiger partial charge in [0.15, 0.2) is 0 Å². The molecule has 0 radical (unpaired) electrons. The van der Waals surface area contributed by atoms with Gasteiger partial charge in [-0.15, -0.1) is 10.2 Å². The summed E-state index contributed by atoms with van der Waals surface area (Å²) in [5.41, 5.74) is 6.18. The summed E-state index contributed by atoms with van der Waals surface area (Å²) in [6, 6.07) is 10.2. The number of benzene rings is 1. The first-order chi connectivity index (χ1) is 17.4. The SMILES string of the molecule is CC1CCc2c(CN3CCC[C@H](C)C3)cc(C(=O)Nc3cccc(C4(c5nncn5C)CC4)c3)nc21. The van der Waals surface area contributed by atoms with Crippen LogP contribution >= 0.6 is 0 Å². The van der Waals surface area contributed by atoms with E-state index in [9.17, 15) is 4.79 Å². The van der Waals surface area contributed by atoms with E-state index in [1.165, 1.54) is 29.5 Å². The molecular formula is C29H36N6O. The fourth-order valence-corrected chi connectivity index (χ4v) is 6.34. The van der Waals surface area contributed by atoms with Crippen LogP contribution < -0.4 is 5.32 Å². The molecule has 2 aliphatic carbocycles. The van der Waals surface area contributed by atoms with Gasteiger partial charge in [0.1, 0.15) is 17.8 Å². The first-order valence-electron chi connectivity index (χ1n) is 13.4. The van der Waals surface area contributed by atoms with Crippen LogP contribution in [0.25, 0.3) is 0 Å². The lowest BCUT2D eigenvalue weighted by Crippen LogP contribution is -2.34. The summed E-state index contributed by atoms with van der Waals surface area (Å²) in [7, 11) is 1.99. The molecule has 1 saturated heterocycles. The lowest BCUT2D eigenvalue weighted by atomic mass is 9.94. The standard InChI is InChI=1S/C29H36N6O/c1-19-6-5-13-35(16-19)17-21-14-25(32-26-20(2)9-10-24(21)26)27(36)31-23-8-4-7-22(15-23)29(11-12-29)28-33-30-18-34(28)3/h4,7-8,14-15,18-20H,5-6,9-13,16-17H2,1-3H3,(H,31,36)/t19-,20?/m0/s1. The summed E-state index contributed by atoms with van der Waals surface area (Å²) >= 11 is 0. The number of aromatic nitrogens is 4. The predicted octanol–water partition coefficient (Wildman–Crippen LogP) is 4.82. The fraction of sp³-hybridized carbons (Fsp3) is 0.517. The fourth-order valence-electron chi connectivity index (χ4n) is 6.34. The minimum Gasteiger partial charge on any atom is -0.321 e. The Hall–Kier alpha value is -3.06. The Balaban J connectivity index is 1.26. The number of pyridine rings is 1. The van der Waals surface area contributed by atoms with E-state index < -0.39 is 0 Å². The van der Waals surface area contributed by atoms with E-state index in [1.807, 2.05) is 23.7 Å². The van der Waals surface area contributed by atoms with E-state index in [-0.39, 0.29) is 11.3 Å². The number of hydrogen-bond acceptors (Lipinski definition) is 5. The van der Waals surface area contributed by atoms with Crippen molar-refractivity contribution < 1.29 is 4.79 Å². The molecule has 1 aromatic carbocycles. The third-order valence-electron chi connectivity index (χ3n) is 8.47. The monoisotopic (exact) mass is 484 g/mol. The van der Waals surface area contributed by atoms with E-state index >= 15 is 0 Å². The Labute approximate surface area is 213 Å². The molecule has 1 aliphatic heterocycles. The summed E-state index contributed by atoms with van der Waals surface area (Å²) in [6.45, 7) is 7.76. The highest BCUT2D eigenvalue weighted by Gasteiger charge is 2.49. The largest absolute Gasteiger partial charge is 0.321 e. The predicted molar refractivity (Wildman–Crippen MR) is 140 cm³/mol. The molecule has 0 bridgehead atoms. The van der Waals surface area contributed by atoms with E-state index in [1.54, 1.807) is 6.33 Å². The molecule has 36 heavy (non-hydrogen) atoms. The van der Waals surface area contributed by atoms with Crippen LogP contribution in [0.4, 0.5) is 5.69 Å². The van der Waals surface area contributed by atoms with Gasteiger partial charge in [-0.3, -0.25) is 9.69 Å². The van der Waals surface area contributed by atoms with Gasteiger partial charge < -0.3 is 9.88 Å². The Bertz CT molecular complexity index is 1290. The molecule has 3 aromatic rings. The van der Waals surface area contributed by atoms with Crippen LogP contribution in [0.5, 0.6) is 0 Å². The molecule has 3 heterocycles. The first-order valence-corrected chi connectivity index (χ1v) is 13.4. The number of nitrogens with one attached hydrogen (secondary N) is 1. The number of anilines is 1. The minimum atomic E-state index is -0.134. The van der Waals surface area contributed by atoms with E-state index in [2.05, 4.69) is 52.5 Å². The number of likely N-dealkylation sites (tertiary alicyclic amines) is 1. The zero-order valence-electron chi connectivity index (χ0n) is 21.6. The van der Waals surface area contributed by atoms with Crippen LogP contribution in [0.1, 0.15) is 90.6 Å². The Morgan fingerprint density at radius 1 is 1.19 bits per heavy atom. The van der Waals surface area contributed by atoms with Gasteiger partial charge in [0.25, 0.3) is 5.91 Å². The molecule has 188 valence electrons. The lowest BCUT2D eigenvalue weighted by Gasteiger charge is -2.31. The Kier molecular flexibility index (Phi) is 5.91. The quantitative estimate of drug-likeness (QED) is 0.543. The van der Waals surface area contributed by atoms with Crippen LogP contribution in [-0.4, -0.2) is 43.6 Å². The molecule has 6 rings (SSSR count). The second-order valence-electron chi connectivity index (χ2n) is 11.3. The Morgan fingerprint density at radius 2 is 2.06 bits per heavy atom. The van der Waals surface area contributed by atoms with Gasteiger partial charge in [-0.05, 0) is 91.8 Å². The maximum absolute atomic E-state index is 13.5. The third-order valence-corrected chi connectivity index (χ3v) is 8.47. The average Bonchev–Trinajstić information content (AvgIpc) is 3.42. The van der Waals surface area contributed by atoms with Crippen LogP contribution in [-0.2, 0) is 25.4 Å². The molecule has 2 fully saturated rings. The number of carbonyl (C=O) groups excluding carboxylic acids is 1. The smallest absolute Gasteiger partial charge is 0.274 e. The number of hydrogen-bond donors (Lipinski definition) is 1. The molecular weight excluding hydrogens is 448 g/mol. The molecule has 1 saturated carbocycles. The number of piperidine rings is 1. The minimum absolute atomic E-state index is 0.105. The molecule has 1 N–H and O–H groups in total. The number of fused-ring (bicyclic) bond motifs is 1. The average molecular weight is 485 g/mol. The normalized spacial score (nSPS) is 22.9. The highest BCUT2D eigenvalue weighted by Crippen LogP contribution is 2.52.